The van der Waals surface area contributed by atoms with Gasteiger partial charge in [0.25, 0.3) is 0 Å². The number of hydrogen-bond acceptors (Lipinski definition) is 3. The molecule has 0 N–H and O–H groups in total. The minimum Gasteiger partial charge on any atom is -0.444 e. The van der Waals surface area contributed by atoms with E-state index in [4.69, 9.17) is 4.74 Å². The molecule has 2 fully saturated rings. The van der Waals surface area contributed by atoms with Crippen molar-refractivity contribution >= 4 is 11.9 Å². The van der Waals surface area contributed by atoms with Crippen LogP contribution in [0.1, 0.15) is 45.1 Å². The van der Waals surface area contributed by atoms with Crippen molar-refractivity contribution < 1.29 is 14.3 Å². The topological polar surface area (TPSA) is 46.6 Å². The SMILES string of the molecule is CC(C)(C)OC(=O)N1CCC(C(=O)C2CC2c2ccccc2)C1. The van der Waals surface area contributed by atoms with E-state index in [9.17, 15) is 9.59 Å². The quantitative estimate of drug-likeness (QED) is 0.856. The van der Waals surface area contributed by atoms with E-state index in [-0.39, 0.29) is 17.9 Å². The molecule has 1 aliphatic heterocycles. The number of ketones is 1. The van der Waals surface area contributed by atoms with Gasteiger partial charge in [-0.3, -0.25) is 4.79 Å². The first-order valence-electron chi connectivity index (χ1n) is 8.42. The van der Waals surface area contributed by atoms with Crippen LogP contribution in [0.15, 0.2) is 30.3 Å². The Hall–Kier alpha value is -1.84. The number of carbonyl (C=O) groups excluding carboxylic acids is 2. The van der Waals surface area contributed by atoms with E-state index >= 15 is 0 Å². The van der Waals surface area contributed by atoms with Gasteiger partial charge in [-0.1, -0.05) is 30.3 Å². The lowest BCUT2D eigenvalue weighted by Crippen LogP contribution is -2.36. The van der Waals surface area contributed by atoms with Crippen LogP contribution in [0.5, 0.6) is 0 Å². The van der Waals surface area contributed by atoms with Crippen LogP contribution in [0.3, 0.4) is 0 Å². The Labute approximate surface area is 137 Å². The molecule has 0 spiro atoms. The van der Waals surface area contributed by atoms with Gasteiger partial charge in [0.1, 0.15) is 11.4 Å². The summed E-state index contributed by atoms with van der Waals surface area (Å²) < 4.78 is 5.39. The fourth-order valence-corrected chi connectivity index (χ4v) is 3.37. The third-order valence-corrected chi connectivity index (χ3v) is 4.63. The van der Waals surface area contributed by atoms with Gasteiger partial charge in [0.2, 0.25) is 0 Å². The van der Waals surface area contributed by atoms with Crippen LogP contribution in [0.2, 0.25) is 0 Å². The Morgan fingerprint density at radius 1 is 1.17 bits per heavy atom. The van der Waals surface area contributed by atoms with Crippen LogP contribution in [0.4, 0.5) is 4.79 Å². The van der Waals surface area contributed by atoms with E-state index < -0.39 is 5.60 Å². The van der Waals surface area contributed by atoms with Gasteiger partial charge in [-0.15, -0.1) is 0 Å². The van der Waals surface area contributed by atoms with Gasteiger partial charge in [0.15, 0.2) is 0 Å². The van der Waals surface area contributed by atoms with Gasteiger partial charge in [-0.05, 0) is 45.1 Å². The Morgan fingerprint density at radius 3 is 2.52 bits per heavy atom. The largest absolute Gasteiger partial charge is 0.444 e. The summed E-state index contributed by atoms with van der Waals surface area (Å²) in [7, 11) is 0. The number of nitrogens with zero attached hydrogens (tertiary/aromatic N) is 1. The Kier molecular flexibility index (Phi) is 4.17. The second-order valence-electron chi connectivity index (χ2n) is 7.67. The van der Waals surface area contributed by atoms with Crippen LogP contribution in [0.25, 0.3) is 0 Å². The van der Waals surface area contributed by atoms with Crippen molar-refractivity contribution in [3.63, 3.8) is 0 Å². The molecule has 0 radical (unpaired) electrons. The number of ether oxygens (including phenoxy) is 1. The van der Waals surface area contributed by atoms with Crippen molar-refractivity contribution in [1.82, 2.24) is 4.90 Å². The molecular formula is C19H25NO3. The summed E-state index contributed by atoms with van der Waals surface area (Å²) in [4.78, 5) is 26.4. The highest BCUT2D eigenvalue weighted by Gasteiger charge is 2.47. The van der Waals surface area contributed by atoms with Crippen LogP contribution in [-0.4, -0.2) is 35.5 Å². The van der Waals surface area contributed by atoms with E-state index in [0.717, 1.165) is 12.8 Å². The predicted molar refractivity (Wildman–Crippen MR) is 88.2 cm³/mol. The summed E-state index contributed by atoms with van der Waals surface area (Å²) in [6.07, 6.45) is 1.41. The van der Waals surface area contributed by atoms with Crippen LogP contribution >= 0.6 is 0 Å². The van der Waals surface area contributed by atoms with Gasteiger partial charge in [0.05, 0.1) is 0 Å². The first kappa shape index (κ1) is 16.0. The molecule has 0 bridgehead atoms. The Bertz CT molecular complexity index is 590. The zero-order valence-corrected chi connectivity index (χ0v) is 14.1. The normalized spacial score (nSPS) is 26.9. The molecule has 4 heteroatoms. The molecule has 3 atom stereocenters. The molecule has 1 saturated heterocycles. The molecule has 3 unspecified atom stereocenters. The van der Waals surface area contributed by atoms with E-state index in [0.29, 0.717) is 24.8 Å². The molecule has 1 aromatic carbocycles. The van der Waals surface area contributed by atoms with Gasteiger partial charge in [-0.2, -0.15) is 0 Å². The molecule has 1 aliphatic carbocycles. The molecule has 1 saturated carbocycles. The summed E-state index contributed by atoms with van der Waals surface area (Å²) in [5.74, 6) is 0.811. The molecule has 4 nitrogen and oxygen atoms in total. The first-order valence-corrected chi connectivity index (χ1v) is 8.42. The van der Waals surface area contributed by atoms with Crippen molar-refractivity contribution in [2.75, 3.05) is 13.1 Å². The molecule has 0 aromatic heterocycles. The van der Waals surface area contributed by atoms with Gasteiger partial charge < -0.3 is 9.64 Å². The second kappa shape index (κ2) is 5.99. The lowest BCUT2D eigenvalue weighted by molar-refractivity contribution is -0.123. The average molecular weight is 315 g/mol. The molecule has 124 valence electrons. The molecule has 1 heterocycles. The summed E-state index contributed by atoms with van der Waals surface area (Å²) in [6, 6.07) is 10.2. The highest BCUT2D eigenvalue weighted by atomic mass is 16.6. The third-order valence-electron chi connectivity index (χ3n) is 4.63. The number of amides is 1. The van der Waals surface area contributed by atoms with Gasteiger partial charge in [0, 0.05) is 24.9 Å². The molecule has 2 aliphatic rings. The van der Waals surface area contributed by atoms with E-state index in [2.05, 4.69) is 12.1 Å². The average Bonchev–Trinajstić information content (AvgIpc) is 3.13. The van der Waals surface area contributed by atoms with Crippen molar-refractivity contribution in [1.29, 1.82) is 0 Å². The lowest BCUT2D eigenvalue weighted by atomic mass is 9.97. The standard InChI is InChI=1S/C19H25NO3/c1-19(2,3)23-18(22)20-10-9-14(12-20)17(21)16-11-15(16)13-7-5-4-6-8-13/h4-8,14-16H,9-12H2,1-3H3. The molecule has 3 rings (SSSR count). The van der Waals surface area contributed by atoms with Crippen molar-refractivity contribution in [2.45, 2.75) is 45.1 Å². The van der Waals surface area contributed by atoms with E-state index in [1.807, 2.05) is 39.0 Å². The van der Waals surface area contributed by atoms with Crippen LogP contribution in [0, 0.1) is 11.8 Å². The van der Waals surface area contributed by atoms with Crippen LogP contribution in [-0.2, 0) is 9.53 Å². The van der Waals surface area contributed by atoms with Gasteiger partial charge >= 0.3 is 6.09 Å². The summed E-state index contributed by atoms with van der Waals surface area (Å²) in [6.45, 7) is 6.70. The van der Waals surface area contributed by atoms with Crippen molar-refractivity contribution in [3.05, 3.63) is 35.9 Å². The molecule has 1 aromatic rings. The highest BCUT2D eigenvalue weighted by Crippen LogP contribution is 2.49. The number of carbonyl (C=O) groups is 2. The predicted octanol–water partition coefficient (Wildman–Crippen LogP) is 3.62. The Morgan fingerprint density at radius 2 is 1.87 bits per heavy atom. The zero-order chi connectivity index (χ0) is 16.6. The minimum absolute atomic E-state index is 0.0266. The number of rotatable bonds is 3. The number of hydrogen-bond donors (Lipinski definition) is 0. The third kappa shape index (κ3) is 3.74. The fourth-order valence-electron chi connectivity index (χ4n) is 3.37. The summed E-state index contributed by atoms with van der Waals surface area (Å²) in [5.41, 5.74) is 0.765. The van der Waals surface area contributed by atoms with E-state index in [1.165, 1.54) is 5.56 Å². The van der Waals surface area contributed by atoms with Crippen molar-refractivity contribution in [3.8, 4) is 0 Å². The summed E-state index contributed by atoms with van der Waals surface area (Å²) >= 11 is 0. The minimum atomic E-state index is -0.492. The molecular weight excluding hydrogens is 290 g/mol. The lowest BCUT2D eigenvalue weighted by Gasteiger charge is -2.24. The zero-order valence-electron chi connectivity index (χ0n) is 14.1. The maximum atomic E-state index is 12.7. The monoisotopic (exact) mass is 315 g/mol. The Balaban J connectivity index is 1.54. The highest BCUT2D eigenvalue weighted by molar-refractivity contribution is 5.88. The smallest absolute Gasteiger partial charge is 0.410 e. The molecule has 23 heavy (non-hydrogen) atoms. The fraction of sp³-hybridized carbons (Fsp3) is 0.579. The number of benzene rings is 1. The van der Waals surface area contributed by atoms with E-state index in [1.54, 1.807) is 4.90 Å². The second-order valence-corrected chi connectivity index (χ2v) is 7.67. The van der Waals surface area contributed by atoms with Gasteiger partial charge in [-0.25, -0.2) is 4.79 Å². The summed E-state index contributed by atoms with van der Waals surface area (Å²) in [5, 5.41) is 0. The maximum Gasteiger partial charge on any atom is 0.410 e. The molecule has 1 amide bonds. The number of Topliss-reactive ketones (excluding diaryl/α,β-unsaturated/α-hetero) is 1. The first-order chi connectivity index (χ1) is 10.8. The van der Waals surface area contributed by atoms with Crippen molar-refractivity contribution in [2.24, 2.45) is 11.8 Å². The maximum absolute atomic E-state index is 12.7. The number of likely N-dealkylation sites (tertiary alicyclic amines) is 1. The van der Waals surface area contributed by atoms with Crippen LogP contribution < -0.4 is 0 Å².